The van der Waals surface area contributed by atoms with Crippen LogP contribution in [-0.2, 0) is 17.3 Å². The first-order chi connectivity index (χ1) is 13.3. The summed E-state index contributed by atoms with van der Waals surface area (Å²) in [5.74, 6) is -0.979. The van der Waals surface area contributed by atoms with Crippen molar-refractivity contribution in [1.29, 1.82) is 0 Å². The van der Waals surface area contributed by atoms with Crippen LogP contribution in [0.5, 0.6) is 0 Å². The fourth-order valence-electron chi connectivity index (χ4n) is 4.51. The summed E-state index contributed by atoms with van der Waals surface area (Å²) in [4.78, 5) is 14.3. The molecule has 29 heavy (non-hydrogen) atoms. The number of alkyl halides is 3. The van der Waals surface area contributed by atoms with E-state index in [2.05, 4.69) is 0 Å². The van der Waals surface area contributed by atoms with E-state index >= 15 is 0 Å². The summed E-state index contributed by atoms with van der Waals surface area (Å²) in [7, 11) is 0. The zero-order valence-corrected chi connectivity index (χ0v) is 16.9. The molecule has 2 heterocycles. The zero-order chi connectivity index (χ0) is 21.6. The van der Waals surface area contributed by atoms with Crippen molar-refractivity contribution in [3.63, 3.8) is 0 Å². The molecule has 0 spiro atoms. The highest BCUT2D eigenvalue weighted by atomic mass is 19.4. The summed E-state index contributed by atoms with van der Waals surface area (Å²) in [6.07, 6.45) is -2.33. The second-order valence-corrected chi connectivity index (χ2v) is 9.24. The van der Waals surface area contributed by atoms with E-state index in [1.807, 2.05) is 0 Å². The predicted molar refractivity (Wildman–Crippen MR) is 98.8 cm³/mol. The van der Waals surface area contributed by atoms with E-state index in [0.29, 0.717) is 18.9 Å². The van der Waals surface area contributed by atoms with E-state index in [9.17, 15) is 27.5 Å². The van der Waals surface area contributed by atoms with Gasteiger partial charge in [0, 0.05) is 18.5 Å². The van der Waals surface area contributed by atoms with Crippen LogP contribution in [-0.4, -0.2) is 39.4 Å². The Kier molecular flexibility index (Phi) is 5.62. The van der Waals surface area contributed by atoms with Crippen LogP contribution in [0.25, 0.3) is 0 Å². The van der Waals surface area contributed by atoms with Gasteiger partial charge in [-0.15, -0.1) is 0 Å². The standard InChI is InChI=1S/C21H27F4NO3/c1-19(2,3)29-18(27)26-15-5-4-6-16(26)12-20(28,11-15)10-13-7-8-14(9-17(13)22)21(23,24)25/h7-9,15-16,28H,4-6,10-12H2,1-3H3. The lowest BCUT2D eigenvalue weighted by atomic mass is 9.73. The Hall–Kier alpha value is -1.83. The van der Waals surface area contributed by atoms with Gasteiger partial charge in [0.15, 0.2) is 0 Å². The van der Waals surface area contributed by atoms with Gasteiger partial charge in [-0.1, -0.05) is 6.07 Å². The van der Waals surface area contributed by atoms with Gasteiger partial charge in [-0.25, -0.2) is 9.18 Å². The monoisotopic (exact) mass is 417 g/mol. The Morgan fingerprint density at radius 3 is 2.28 bits per heavy atom. The van der Waals surface area contributed by atoms with Gasteiger partial charge in [0.1, 0.15) is 11.4 Å². The summed E-state index contributed by atoms with van der Waals surface area (Å²) in [5.41, 5.74) is -2.93. The van der Waals surface area contributed by atoms with Crippen LogP contribution in [0.3, 0.4) is 0 Å². The number of carbonyl (C=O) groups is 1. The van der Waals surface area contributed by atoms with Gasteiger partial charge in [0.25, 0.3) is 0 Å². The minimum absolute atomic E-state index is 0.0456. The van der Waals surface area contributed by atoms with Crippen molar-refractivity contribution in [2.75, 3.05) is 0 Å². The molecule has 0 aliphatic carbocycles. The molecule has 2 atom stereocenters. The predicted octanol–water partition coefficient (Wildman–Crippen LogP) is 5.07. The van der Waals surface area contributed by atoms with Gasteiger partial charge in [-0.05, 0) is 70.6 Å². The largest absolute Gasteiger partial charge is 0.444 e. The summed E-state index contributed by atoms with van der Waals surface area (Å²) in [6, 6.07) is 1.92. The van der Waals surface area contributed by atoms with Crippen molar-refractivity contribution in [3.8, 4) is 0 Å². The second-order valence-electron chi connectivity index (χ2n) is 9.24. The van der Waals surface area contributed by atoms with E-state index in [0.717, 1.165) is 18.6 Å². The van der Waals surface area contributed by atoms with Crippen LogP contribution in [0, 0.1) is 5.82 Å². The van der Waals surface area contributed by atoms with Gasteiger partial charge in [0.2, 0.25) is 0 Å². The third kappa shape index (κ3) is 5.02. The first-order valence-corrected chi connectivity index (χ1v) is 9.87. The number of hydrogen-bond donors (Lipinski definition) is 1. The number of rotatable bonds is 2. The molecule has 2 bridgehead atoms. The van der Waals surface area contributed by atoms with Crippen LogP contribution in [0.15, 0.2) is 18.2 Å². The number of fused-ring (bicyclic) bond motifs is 2. The maximum absolute atomic E-state index is 14.3. The van der Waals surface area contributed by atoms with Gasteiger partial charge in [0.05, 0.1) is 11.2 Å². The SMILES string of the molecule is CC(C)(C)OC(=O)N1C2CCCC1CC(O)(Cc1ccc(C(F)(F)F)cc1F)C2. The molecule has 2 fully saturated rings. The van der Waals surface area contributed by atoms with Crippen molar-refractivity contribution in [2.45, 2.75) is 88.8 Å². The Morgan fingerprint density at radius 2 is 1.79 bits per heavy atom. The Bertz CT molecular complexity index is 758. The molecular formula is C21H27F4NO3. The molecule has 1 aromatic carbocycles. The number of halogens is 4. The molecular weight excluding hydrogens is 390 g/mol. The average molecular weight is 417 g/mol. The van der Waals surface area contributed by atoms with Crippen molar-refractivity contribution in [2.24, 2.45) is 0 Å². The minimum atomic E-state index is -4.62. The lowest BCUT2D eigenvalue weighted by Gasteiger charge is -2.51. The molecule has 2 saturated heterocycles. The fraction of sp³-hybridized carbons (Fsp3) is 0.667. The number of piperidine rings is 2. The highest BCUT2D eigenvalue weighted by Crippen LogP contribution is 2.42. The Labute approximate surface area is 167 Å². The van der Waals surface area contributed by atoms with Crippen LogP contribution in [0.4, 0.5) is 22.4 Å². The number of benzene rings is 1. The third-order valence-corrected chi connectivity index (χ3v) is 5.60. The van der Waals surface area contributed by atoms with E-state index in [1.165, 1.54) is 0 Å². The zero-order valence-electron chi connectivity index (χ0n) is 16.9. The van der Waals surface area contributed by atoms with E-state index < -0.39 is 34.9 Å². The quantitative estimate of drug-likeness (QED) is 0.684. The molecule has 0 aromatic heterocycles. The van der Waals surface area contributed by atoms with Crippen molar-refractivity contribution < 1.29 is 32.2 Å². The van der Waals surface area contributed by atoms with E-state index in [4.69, 9.17) is 4.74 Å². The smallest absolute Gasteiger partial charge is 0.416 e. The fourth-order valence-corrected chi connectivity index (χ4v) is 4.51. The molecule has 162 valence electrons. The lowest BCUT2D eigenvalue weighted by Crippen LogP contribution is -2.61. The van der Waals surface area contributed by atoms with Crippen LogP contribution in [0.1, 0.15) is 64.0 Å². The third-order valence-electron chi connectivity index (χ3n) is 5.60. The molecule has 4 nitrogen and oxygen atoms in total. The molecule has 0 radical (unpaired) electrons. The first kappa shape index (κ1) is 21.9. The molecule has 1 aromatic rings. The average Bonchev–Trinajstić information content (AvgIpc) is 2.53. The van der Waals surface area contributed by atoms with E-state index in [-0.39, 0.29) is 36.9 Å². The maximum Gasteiger partial charge on any atom is 0.416 e. The number of ether oxygens (including phenoxy) is 1. The Balaban J connectivity index is 1.77. The molecule has 1 N–H and O–H groups in total. The highest BCUT2D eigenvalue weighted by Gasteiger charge is 2.48. The van der Waals surface area contributed by atoms with Gasteiger partial charge in [-0.3, -0.25) is 0 Å². The molecule has 8 heteroatoms. The number of nitrogens with zero attached hydrogens (tertiary/aromatic N) is 1. The number of carbonyl (C=O) groups excluding carboxylic acids is 1. The van der Waals surface area contributed by atoms with Gasteiger partial charge < -0.3 is 14.7 Å². The van der Waals surface area contributed by atoms with Crippen molar-refractivity contribution in [3.05, 3.63) is 35.1 Å². The first-order valence-electron chi connectivity index (χ1n) is 9.87. The summed E-state index contributed by atoms with van der Waals surface area (Å²) in [6.45, 7) is 5.36. The minimum Gasteiger partial charge on any atom is -0.444 e. The molecule has 1 amide bonds. The van der Waals surface area contributed by atoms with Gasteiger partial charge in [-0.2, -0.15) is 13.2 Å². The Morgan fingerprint density at radius 1 is 1.21 bits per heavy atom. The maximum atomic E-state index is 14.3. The van der Waals surface area contributed by atoms with Gasteiger partial charge >= 0.3 is 12.3 Å². The number of hydrogen-bond acceptors (Lipinski definition) is 3. The number of amides is 1. The molecule has 3 rings (SSSR count). The summed E-state index contributed by atoms with van der Waals surface area (Å²) >= 11 is 0. The number of aliphatic hydroxyl groups is 1. The van der Waals surface area contributed by atoms with Crippen molar-refractivity contribution >= 4 is 6.09 Å². The van der Waals surface area contributed by atoms with Crippen LogP contribution < -0.4 is 0 Å². The summed E-state index contributed by atoms with van der Waals surface area (Å²) < 4.78 is 58.1. The highest BCUT2D eigenvalue weighted by molar-refractivity contribution is 5.69. The topological polar surface area (TPSA) is 49.8 Å². The van der Waals surface area contributed by atoms with E-state index in [1.54, 1.807) is 25.7 Å². The normalized spacial score (nSPS) is 27.7. The molecule has 0 saturated carbocycles. The molecule has 2 aliphatic heterocycles. The molecule has 2 unspecified atom stereocenters. The van der Waals surface area contributed by atoms with Crippen LogP contribution in [0.2, 0.25) is 0 Å². The summed E-state index contributed by atoms with van der Waals surface area (Å²) in [5, 5.41) is 11.1. The molecule has 2 aliphatic rings. The van der Waals surface area contributed by atoms with Crippen molar-refractivity contribution in [1.82, 2.24) is 4.90 Å². The van der Waals surface area contributed by atoms with Crippen LogP contribution >= 0.6 is 0 Å². The lowest BCUT2D eigenvalue weighted by molar-refractivity contribution is -0.137. The second kappa shape index (κ2) is 7.45.